The van der Waals surface area contributed by atoms with E-state index < -0.39 is 5.91 Å². The van der Waals surface area contributed by atoms with E-state index in [1.165, 1.54) is 25.2 Å². The number of halogens is 2. The Hall–Kier alpha value is -2.24. The van der Waals surface area contributed by atoms with Crippen LogP contribution in [-0.4, -0.2) is 21.6 Å². The summed E-state index contributed by atoms with van der Waals surface area (Å²) >= 11 is 12.1. The molecule has 0 unspecified atom stereocenters. The van der Waals surface area contributed by atoms with Gasteiger partial charge in [-0.05, 0) is 49.9 Å². The predicted molar refractivity (Wildman–Crippen MR) is 113 cm³/mol. The summed E-state index contributed by atoms with van der Waals surface area (Å²) < 4.78 is 0. The Kier molecular flexibility index (Phi) is 9.68. The van der Waals surface area contributed by atoms with Gasteiger partial charge < -0.3 is 5.73 Å². The molecule has 0 aliphatic carbocycles. The molecule has 0 bridgehead atoms. The first kappa shape index (κ1) is 22.8. The van der Waals surface area contributed by atoms with Crippen LogP contribution in [0.3, 0.4) is 0 Å². The molecule has 0 atom stereocenters. The van der Waals surface area contributed by atoms with Gasteiger partial charge in [-0.2, -0.15) is 0 Å². The molecule has 1 aromatic heterocycles. The number of nitrogens with two attached hydrogens (primary N) is 1. The van der Waals surface area contributed by atoms with Crippen molar-refractivity contribution in [3.05, 3.63) is 58.1 Å². The molecule has 5 nitrogen and oxygen atoms in total. The molecule has 0 saturated heterocycles. The van der Waals surface area contributed by atoms with E-state index in [1.54, 1.807) is 38.1 Å². The molecule has 0 aliphatic heterocycles. The Labute approximate surface area is 170 Å². The maximum absolute atomic E-state index is 12.2. The van der Waals surface area contributed by atoms with Crippen LogP contribution in [0.25, 0.3) is 11.3 Å². The molecular formula is C20H24Cl2N4O. The van der Waals surface area contributed by atoms with Crippen LogP contribution in [0.4, 0.5) is 0 Å². The number of benzene rings is 1. The highest BCUT2D eigenvalue weighted by atomic mass is 35.5. The van der Waals surface area contributed by atoms with Crippen LogP contribution in [0.15, 0.2) is 47.2 Å². The Bertz CT molecular complexity index is 846. The third kappa shape index (κ3) is 7.12. The highest BCUT2D eigenvalue weighted by Crippen LogP contribution is 2.29. The number of unbranched alkanes of at least 4 members (excludes halogenated alkanes) is 1. The number of allylic oxidation sites excluding steroid dienone is 1. The fourth-order valence-electron chi connectivity index (χ4n) is 1.72. The minimum atomic E-state index is -0.552. The van der Waals surface area contributed by atoms with Crippen molar-refractivity contribution >= 4 is 34.8 Å². The zero-order valence-electron chi connectivity index (χ0n) is 16.0. The molecular weight excluding hydrogens is 383 g/mol. The van der Waals surface area contributed by atoms with Crippen molar-refractivity contribution in [3.8, 4) is 11.3 Å². The lowest BCUT2D eigenvalue weighted by Crippen LogP contribution is -2.07. The molecule has 1 aromatic carbocycles. The SMILES string of the molecule is CC(=NC(=O)c1nccc(-c2cc(Cl)ccc2Cl)n1)/C(C)=C\N.CCCC. The van der Waals surface area contributed by atoms with Gasteiger partial charge in [0.25, 0.3) is 0 Å². The van der Waals surface area contributed by atoms with Gasteiger partial charge in [-0.25, -0.2) is 15.0 Å². The first-order chi connectivity index (χ1) is 12.8. The Balaban J connectivity index is 0.000000828. The monoisotopic (exact) mass is 406 g/mol. The van der Waals surface area contributed by atoms with Gasteiger partial charge in [-0.15, -0.1) is 0 Å². The molecule has 0 aliphatic rings. The first-order valence-electron chi connectivity index (χ1n) is 8.60. The zero-order valence-corrected chi connectivity index (χ0v) is 17.5. The quantitative estimate of drug-likeness (QED) is 0.657. The molecule has 0 fully saturated rings. The number of carbonyl (C=O) groups excluding carboxylic acids is 1. The molecule has 144 valence electrons. The van der Waals surface area contributed by atoms with Gasteiger partial charge in [0, 0.05) is 22.5 Å². The minimum Gasteiger partial charge on any atom is -0.404 e. The maximum atomic E-state index is 12.2. The molecule has 2 aromatic rings. The van der Waals surface area contributed by atoms with Crippen molar-refractivity contribution in [2.24, 2.45) is 10.7 Å². The van der Waals surface area contributed by atoms with Crippen LogP contribution in [-0.2, 0) is 0 Å². The van der Waals surface area contributed by atoms with Gasteiger partial charge >= 0.3 is 5.91 Å². The second-order valence-corrected chi connectivity index (χ2v) is 6.59. The van der Waals surface area contributed by atoms with E-state index in [0.29, 0.717) is 32.6 Å². The van der Waals surface area contributed by atoms with Crippen molar-refractivity contribution in [2.45, 2.75) is 40.5 Å². The molecule has 0 saturated carbocycles. The van der Waals surface area contributed by atoms with E-state index >= 15 is 0 Å². The highest BCUT2D eigenvalue weighted by molar-refractivity contribution is 6.35. The lowest BCUT2D eigenvalue weighted by atomic mass is 10.1. The average Bonchev–Trinajstić information content (AvgIpc) is 2.69. The van der Waals surface area contributed by atoms with E-state index in [2.05, 4.69) is 28.8 Å². The number of carbonyl (C=O) groups is 1. The maximum Gasteiger partial charge on any atom is 0.314 e. The van der Waals surface area contributed by atoms with Gasteiger partial charge in [0.15, 0.2) is 0 Å². The van der Waals surface area contributed by atoms with Crippen LogP contribution in [0.1, 0.15) is 51.2 Å². The minimum absolute atomic E-state index is 0.0253. The summed E-state index contributed by atoms with van der Waals surface area (Å²) in [7, 11) is 0. The van der Waals surface area contributed by atoms with Crippen molar-refractivity contribution in [1.82, 2.24) is 9.97 Å². The lowest BCUT2D eigenvalue weighted by Gasteiger charge is -2.05. The van der Waals surface area contributed by atoms with Gasteiger partial charge in [0.2, 0.25) is 5.82 Å². The third-order valence-electron chi connectivity index (χ3n) is 3.64. The number of rotatable bonds is 4. The Morgan fingerprint density at radius 3 is 2.44 bits per heavy atom. The van der Waals surface area contributed by atoms with Crippen molar-refractivity contribution < 1.29 is 4.79 Å². The predicted octanol–water partition coefficient (Wildman–Crippen LogP) is 5.72. The van der Waals surface area contributed by atoms with E-state index in [9.17, 15) is 4.79 Å². The topological polar surface area (TPSA) is 81.2 Å². The first-order valence-corrected chi connectivity index (χ1v) is 9.36. The normalized spacial score (nSPS) is 11.6. The summed E-state index contributed by atoms with van der Waals surface area (Å²) in [6.45, 7) is 7.81. The number of hydrogen-bond acceptors (Lipinski definition) is 4. The smallest absolute Gasteiger partial charge is 0.314 e. The Morgan fingerprint density at radius 1 is 1.19 bits per heavy atom. The summed E-state index contributed by atoms with van der Waals surface area (Å²) in [5, 5.41) is 1.00. The Morgan fingerprint density at radius 2 is 1.85 bits per heavy atom. The third-order valence-corrected chi connectivity index (χ3v) is 4.21. The van der Waals surface area contributed by atoms with Gasteiger partial charge in [-0.3, -0.25) is 4.79 Å². The largest absolute Gasteiger partial charge is 0.404 e. The summed E-state index contributed by atoms with van der Waals surface area (Å²) in [4.78, 5) is 24.3. The van der Waals surface area contributed by atoms with E-state index in [4.69, 9.17) is 28.9 Å². The van der Waals surface area contributed by atoms with Crippen molar-refractivity contribution in [1.29, 1.82) is 0 Å². The van der Waals surface area contributed by atoms with Gasteiger partial charge in [-0.1, -0.05) is 49.9 Å². The van der Waals surface area contributed by atoms with Crippen LogP contribution < -0.4 is 5.73 Å². The number of aromatic nitrogens is 2. The van der Waals surface area contributed by atoms with Crippen molar-refractivity contribution in [2.75, 3.05) is 0 Å². The fraction of sp³-hybridized carbons (Fsp3) is 0.300. The molecule has 0 spiro atoms. The number of aliphatic imine (C=N–C) groups is 1. The highest BCUT2D eigenvalue weighted by Gasteiger charge is 2.12. The van der Waals surface area contributed by atoms with Crippen molar-refractivity contribution in [3.63, 3.8) is 0 Å². The number of hydrogen-bond donors (Lipinski definition) is 1. The summed E-state index contributed by atoms with van der Waals surface area (Å²) in [6.07, 6.45) is 5.50. The summed E-state index contributed by atoms with van der Waals surface area (Å²) in [6, 6.07) is 6.67. The van der Waals surface area contributed by atoms with Gasteiger partial charge in [0.05, 0.1) is 10.7 Å². The van der Waals surface area contributed by atoms with E-state index in [-0.39, 0.29) is 5.82 Å². The van der Waals surface area contributed by atoms with Crippen LogP contribution in [0.5, 0.6) is 0 Å². The molecule has 27 heavy (non-hydrogen) atoms. The standard InChI is InChI=1S/C16H14Cl2N4O.C4H10/c1-9(8-19)10(2)21-16(23)15-20-6-5-14(22-15)12-7-11(17)3-4-13(12)18;1-3-4-2/h3-8H,19H2,1-2H3;3-4H2,1-2H3/b9-8-,21-10?;. The molecule has 0 radical (unpaired) electrons. The second kappa shape index (κ2) is 11.5. The molecule has 2 N–H and O–H groups in total. The van der Waals surface area contributed by atoms with E-state index in [0.717, 1.165) is 0 Å². The van der Waals surface area contributed by atoms with Gasteiger partial charge in [0.1, 0.15) is 0 Å². The van der Waals surface area contributed by atoms with Crippen LogP contribution in [0.2, 0.25) is 10.0 Å². The summed E-state index contributed by atoms with van der Waals surface area (Å²) in [5.74, 6) is -0.577. The molecule has 1 amide bonds. The molecule has 7 heteroatoms. The molecule has 1 heterocycles. The van der Waals surface area contributed by atoms with E-state index in [1.807, 2.05) is 0 Å². The lowest BCUT2D eigenvalue weighted by molar-refractivity contribution is 0.0993. The second-order valence-electron chi connectivity index (χ2n) is 5.74. The zero-order chi connectivity index (χ0) is 20.4. The van der Waals surface area contributed by atoms with Crippen LogP contribution >= 0.6 is 23.2 Å². The number of nitrogens with zero attached hydrogens (tertiary/aromatic N) is 3. The number of amides is 1. The average molecular weight is 407 g/mol. The van der Waals surface area contributed by atoms with Crippen LogP contribution in [0, 0.1) is 0 Å². The molecule has 2 rings (SSSR count). The fourth-order valence-corrected chi connectivity index (χ4v) is 2.10. The summed E-state index contributed by atoms with van der Waals surface area (Å²) in [5.41, 5.74) is 7.73.